The fraction of sp³-hybridized carbons (Fsp3) is 0.652. The number of allylic oxidation sites excluding steroid dienone is 3. The average Bonchev–Trinajstić information content (AvgIpc) is 2.88. The smallest absolute Gasteiger partial charge is 0.211 e. The molecule has 1 aliphatic carbocycles. The number of unbranched alkanes of at least 4 members (excludes halogenated alkanes) is 1. The van der Waals surface area contributed by atoms with Crippen molar-refractivity contribution in [3.05, 3.63) is 36.1 Å². The van der Waals surface area contributed by atoms with Crippen molar-refractivity contribution in [2.24, 2.45) is 5.92 Å². The van der Waals surface area contributed by atoms with Crippen LogP contribution < -0.4 is 10.6 Å². The molecule has 2 amide bonds. The molecule has 0 aromatic rings. The van der Waals surface area contributed by atoms with Crippen molar-refractivity contribution >= 4 is 12.8 Å². The van der Waals surface area contributed by atoms with E-state index in [2.05, 4.69) is 31.1 Å². The van der Waals surface area contributed by atoms with Crippen LogP contribution in [0.5, 0.6) is 0 Å². The Balaban J connectivity index is 0.000000694. The first-order valence-electron chi connectivity index (χ1n) is 10.5. The molecule has 4 heteroatoms. The third-order valence-electron chi connectivity index (χ3n) is 4.72. The number of rotatable bonds is 11. The van der Waals surface area contributed by atoms with E-state index >= 15 is 0 Å². The van der Waals surface area contributed by atoms with Crippen LogP contribution in [-0.2, 0) is 9.59 Å². The third-order valence-corrected chi connectivity index (χ3v) is 4.72. The van der Waals surface area contributed by atoms with E-state index in [0.29, 0.717) is 18.5 Å². The van der Waals surface area contributed by atoms with Gasteiger partial charge in [0.15, 0.2) is 0 Å². The molecule has 1 atom stereocenters. The van der Waals surface area contributed by atoms with Gasteiger partial charge < -0.3 is 10.6 Å². The zero-order valence-electron chi connectivity index (χ0n) is 17.6. The highest BCUT2D eigenvalue weighted by Gasteiger charge is 2.05. The van der Waals surface area contributed by atoms with E-state index < -0.39 is 0 Å². The van der Waals surface area contributed by atoms with Crippen LogP contribution in [0.3, 0.4) is 0 Å². The molecular formula is C23H40N2O2. The molecule has 0 aliphatic heterocycles. The van der Waals surface area contributed by atoms with Crippen molar-refractivity contribution in [1.82, 2.24) is 10.6 Å². The van der Waals surface area contributed by atoms with Crippen LogP contribution >= 0.6 is 0 Å². The highest BCUT2D eigenvalue weighted by Crippen LogP contribution is 2.21. The molecule has 0 saturated heterocycles. The lowest BCUT2D eigenvalue weighted by Gasteiger charge is -2.07. The molecule has 0 aromatic carbocycles. The molecule has 0 spiro atoms. The molecule has 0 radical (unpaired) electrons. The summed E-state index contributed by atoms with van der Waals surface area (Å²) in [4.78, 5) is 20.8. The number of hydrogen-bond acceptors (Lipinski definition) is 2. The summed E-state index contributed by atoms with van der Waals surface area (Å²) in [6.45, 7) is 10.4. The van der Waals surface area contributed by atoms with E-state index in [1.807, 2.05) is 19.1 Å². The zero-order valence-corrected chi connectivity index (χ0v) is 17.6. The summed E-state index contributed by atoms with van der Waals surface area (Å²) >= 11 is 0. The summed E-state index contributed by atoms with van der Waals surface area (Å²) in [7, 11) is 0. The molecule has 2 N–H and O–H groups in total. The molecule has 4 nitrogen and oxygen atoms in total. The Morgan fingerprint density at radius 1 is 1.15 bits per heavy atom. The van der Waals surface area contributed by atoms with Gasteiger partial charge in [-0.25, -0.2) is 0 Å². The van der Waals surface area contributed by atoms with Gasteiger partial charge in [-0.15, -0.1) is 0 Å². The number of nitrogens with one attached hydrogen (secondary N) is 2. The topological polar surface area (TPSA) is 58.2 Å². The van der Waals surface area contributed by atoms with E-state index in [1.54, 1.807) is 6.08 Å². The van der Waals surface area contributed by atoms with Crippen LogP contribution in [0.15, 0.2) is 36.1 Å². The van der Waals surface area contributed by atoms with Crippen LogP contribution in [0, 0.1) is 5.92 Å². The number of carbonyl (C=O) groups excluding carboxylic acids is 2. The van der Waals surface area contributed by atoms with Gasteiger partial charge in [-0.1, -0.05) is 77.0 Å². The van der Waals surface area contributed by atoms with Gasteiger partial charge in [-0.2, -0.15) is 0 Å². The van der Waals surface area contributed by atoms with Crippen molar-refractivity contribution in [3.63, 3.8) is 0 Å². The first-order chi connectivity index (χ1) is 13.0. The molecule has 1 unspecified atom stereocenters. The summed E-state index contributed by atoms with van der Waals surface area (Å²) in [5.74, 6) is 1.03. The van der Waals surface area contributed by atoms with Gasteiger partial charge in [-0.3, -0.25) is 9.59 Å². The molecule has 0 aromatic heterocycles. The van der Waals surface area contributed by atoms with Gasteiger partial charge in [0.1, 0.15) is 0 Å². The second kappa shape index (κ2) is 17.6. The number of hydrogen-bond donors (Lipinski definition) is 2. The maximum absolute atomic E-state index is 10.5. The monoisotopic (exact) mass is 376 g/mol. The van der Waals surface area contributed by atoms with Gasteiger partial charge in [0.25, 0.3) is 0 Å². The van der Waals surface area contributed by atoms with Crippen molar-refractivity contribution in [3.8, 4) is 0 Å². The Kier molecular flexibility index (Phi) is 16.4. The zero-order chi connectivity index (χ0) is 20.3. The van der Waals surface area contributed by atoms with Crippen LogP contribution in [0.25, 0.3) is 0 Å². The predicted molar refractivity (Wildman–Crippen MR) is 115 cm³/mol. The Hall–Kier alpha value is -1.84. The fourth-order valence-electron chi connectivity index (χ4n) is 3.01. The summed E-state index contributed by atoms with van der Waals surface area (Å²) in [6, 6.07) is -0.132. The molecule has 1 rings (SSSR count). The normalized spacial score (nSPS) is 16.6. The van der Waals surface area contributed by atoms with E-state index in [1.165, 1.54) is 44.1 Å². The molecule has 0 bridgehead atoms. The number of amides is 2. The SMILES string of the molecule is C=C(C/C=C\C(=C/C(C)NC=O)NC=O)CCCC.CC1CCCCCC1. The summed E-state index contributed by atoms with van der Waals surface area (Å²) < 4.78 is 0. The summed E-state index contributed by atoms with van der Waals surface area (Å²) in [6.07, 6.45) is 19.9. The Morgan fingerprint density at radius 3 is 2.37 bits per heavy atom. The van der Waals surface area contributed by atoms with E-state index in [4.69, 9.17) is 0 Å². The minimum absolute atomic E-state index is 0.132. The fourth-order valence-corrected chi connectivity index (χ4v) is 3.01. The molecule has 0 heterocycles. The standard InChI is InChI=1S/C15H24N2O2.C8H16/c1-4-5-7-13(2)8-6-9-15(17-12-19)10-14(3)16-11-18;1-8-6-4-2-3-5-7-8/h6,9-12,14H,2,4-5,7-8H2,1,3H3,(H,16,18)(H,17,19);8H,2-7H2,1H3/b9-6-,15-10+;. The van der Waals surface area contributed by atoms with E-state index in [0.717, 1.165) is 31.6 Å². The van der Waals surface area contributed by atoms with Crippen molar-refractivity contribution in [1.29, 1.82) is 0 Å². The quantitative estimate of drug-likeness (QED) is 0.219. The van der Waals surface area contributed by atoms with Gasteiger partial charge in [0, 0.05) is 11.7 Å². The van der Waals surface area contributed by atoms with E-state index in [-0.39, 0.29) is 6.04 Å². The van der Waals surface area contributed by atoms with E-state index in [9.17, 15) is 9.59 Å². The molecule has 1 saturated carbocycles. The van der Waals surface area contributed by atoms with Crippen LogP contribution in [0.2, 0.25) is 0 Å². The lowest BCUT2D eigenvalue weighted by atomic mass is 10.0. The molecular weight excluding hydrogens is 336 g/mol. The van der Waals surface area contributed by atoms with Gasteiger partial charge in [-0.05, 0) is 44.3 Å². The Bertz CT molecular complexity index is 461. The van der Waals surface area contributed by atoms with Crippen LogP contribution in [-0.4, -0.2) is 18.9 Å². The van der Waals surface area contributed by atoms with Gasteiger partial charge in [0.2, 0.25) is 12.8 Å². The van der Waals surface area contributed by atoms with Gasteiger partial charge >= 0.3 is 0 Å². The highest BCUT2D eigenvalue weighted by molar-refractivity contribution is 5.52. The first kappa shape index (κ1) is 25.2. The maximum Gasteiger partial charge on any atom is 0.211 e. The van der Waals surface area contributed by atoms with Crippen LogP contribution in [0.4, 0.5) is 0 Å². The summed E-state index contributed by atoms with van der Waals surface area (Å²) in [5.41, 5.74) is 1.85. The Labute approximate surface area is 166 Å². The first-order valence-corrected chi connectivity index (χ1v) is 10.5. The van der Waals surface area contributed by atoms with Crippen LogP contribution in [0.1, 0.15) is 85.0 Å². The minimum atomic E-state index is -0.132. The molecule has 27 heavy (non-hydrogen) atoms. The minimum Gasteiger partial charge on any atom is -0.353 e. The second-order valence-corrected chi connectivity index (χ2v) is 7.51. The molecule has 1 aliphatic rings. The maximum atomic E-state index is 10.5. The van der Waals surface area contributed by atoms with Crippen molar-refractivity contribution in [2.45, 2.75) is 91.0 Å². The summed E-state index contributed by atoms with van der Waals surface area (Å²) in [5, 5.41) is 5.19. The molecule has 154 valence electrons. The lowest BCUT2D eigenvalue weighted by molar-refractivity contribution is -0.110. The highest BCUT2D eigenvalue weighted by atomic mass is 16.1. The molecule has 1 fully saturated rings. The Morgan fingerprint density at radius 2 is 1.81 bits per heavy atom. The number of carbonyl (C=O) groups is 2. The van der Waals surface area contributed by atoms with Crippen molar-refractivity contribution in [2.75, 3.05) is 0 Å². The second-order valence-electron chi connectivity index (χ2n) is 7.51. The predicted octanol–water partition coefficient (Wildman–Crippen LogP) is 5.42. The van der Waals surface area contributed by atoms with Crippen molar-refractivity contribution < 1.29 is 9.59 Å². The largest absolute Gasteiger partial charge is 0.353 e. The lowest BCUT2D eigenvalue weighted by Crippen LogP contribution is -2.24. The third kappa shape index (κ3) is 16.1. The average molecular weight is 377 g/mol. The van der Waals surface area contributed by atoms with Gasteiger partial charge in [0.05, 0.1) is 0 Å².